The van der Waals surface area contributed by atoms with Crippen molar-refractivity contribution in [1.82, 2.24) is 9.55 Å². The normalized spacial score (nSPS) is 13.3. The maximum Gasteiger partial charge on any atom is 0.143 e. The van der Waals surface area contributed by atoms with Crippen LogP contribution < -0.4 is 19.3 Å². The van der Waals surface area contributed by atoms with Gasteiger partial charge in [0.2, 0.25) is 0 Å². The minimum Gasteiger partial charge on any atom is -0.457 e. The molecule has 2 aromatic heterocycles. The number of rotatable bonds is 9. The molecule has 0 saturated heterocycles. The molecular weight excluding hydrogens is 977 g/mol. The van der Waals surface area contributed by atoms with E-state index in [0.717, 1.165) is 78.5 Å². The van der Waals surface area contributed by atoms with Crippen LogP contribution in [0.3, 0.4) is 0 Å². The van der Waals surface area contributed by atoms with E-state index < -0.39 is 0 Å². The molecule has 1 aliphatic heterocycles. The molecule has 0 amide bonds. The van der Waals surface area contributed by atoms with Gasteiger partial charge in [-0.15, -0.1) is 0 Å². The van der Waals surface area contributed by atoms with Crippen molar-refractivity contribution in [1.29, 1.82) is 0 Å². The minimum atomic E-state index is -0.122. The smallest absolute Gasteiger partial charge is 0.143 e. The lowest BCUT2D eigenvalue weighted by Gasteiger charge is -2.29. The molecule has 0 spiro atoms. The van der Waals surface area contributed by atoms with Crippen LogP contribution in [0.1, 0.15) is 132 Å². The number of ether oxygens (including phenoxy) is 2. The van der Waals surface area contributed by atoms with Crippen LogP contribution in [0.25, 0.3) is 49.9 Å². The fourth-order valence-corrected chi connectivity index (χ4v) is 11.0. The topological polar surface area (TPSA) is 42.8 Å². The van der Waals surface area contributed by atoms with Crippen molar-refractivity contribution in [3.8, 4) is 51.1 Å². The van der Waals surface area contributed by atoms with E-state index in [0.29, 0.717) is 12.4 Å². The summed E-state index contributed by atoms with van der Waals surface area (Å²) in [5.74, 6) is 3.71. The number of nitrogens with zero attached hydrogens (tertiary/aromatic N) is 4. The lowest BCUT2D eigenvalue weighted by Crippen LogP contribution is -2.25. The van der Waals surface area contributed by atoms with E-state index in [9.17, 15) is 0 Å². The molecule has 8 aromatic carbocycles. The van der Waals surface area contributed by atoms with E-state index in [1.54, 1.807) is 0 Å². The molecule has 6 heteroatoms. The summed E-state index contributed by atoms with van der Waals surface area (Å²) in [5.41, 5.74) is 17.3. The molecule has 0 bridgehead atoms. The minimum absolute atomic E-state index is 0.00157. The van der Waals surface area contributed by atoms with Gasteiger partial charge in [0, 0.05) is 57.7 Å². The third-order valence-corrected chi connectivity index (χ3v) is 16.0. The Bertz CT molecular complexity index is 3830. The van der Waals surface area contributed by atoms with Crippen molar-refractivity contribution in [3.63, 3.8) is 0 Å². The monoisotopic (exact) mass is 1050 g/mol. The fraction of sp³-hybridized carbons (Fsp3) is 0.284. The van der Waals surface area contributed by atoms with Gasteiger partial charge in [0.25, 0.3) is 0 Å². The summed E-state index contributed by atoms with van der Waals surface area (Å²) in [5, 5.41) is 2.23. The first-order chi connectivity index (χ1) is 37.8. The number of hydrogen-bond donors (Lipinski definition) is 0. The Hall–Kier alpha value is -8.09. The second kappa shape index (κ2) is 19.9. The Morgan fingerprint density at radius 1 is 0.362 bits per heavy atom. The summed E-state index contributed by atoms with van der Waals surface area (Å²) in [6.45, 7) is 34.9. The van der Waals surface area contributed by atoms with Crippen LogP contribution in [0.5, 0.6) is 23.0 Å². The molecule has 0 N–H and O–H groups in total. The lowest BCUT2D eigenvalue weighted by molar-refractivity contribution is 0.483. The van der Waals surface area contributed by atoms with Gasteiger partial charge in [-0.05, 0) is 139 Å². The summed E-state index contributed by atoms with van der Waals surface area (Å²) >= 11 is 0. The van der Waals surface area contributed by atoms with Gasteiger partial charge in [0.05, 0.1) is 22.4 Å². The number of aromatic nitrogens is 2. The van der Waals surface area contributed by atoms with E-state index in [-0.39, 0.29) is 27.1 Å². The van der Waals surface area contributed by atoms with E-state index >= 15 is 0 Å². The summed E-state index contributed by atoms with van der Waals surface area (Å²) in [6, 6.07) is 66.0. The Morgan fingerprint density at radius 3 is 1.41 bits per heavy atom. The number of fused-ring (bicyclic) bond motifs is 4. The Morgan fingerprint density at radius 2 is 0.850 bits per heavy atom. The zero-order chi connectivity index (χ0) is 56.7. The van der Waals surface area contributed by atoms with E-state index in [1.807, 2.05) is 18.3 Å². The quantitative estimate of drug-likeness (QED) is 0.144. The summed E-state index contributed by atoms with van der Waals surface area (Å²) in [7, 11) is 0. The lowest BCUT2D eigenvalue weighted by atomic mass is 9.80. The van der Waals surface area contributed by atoms with Crippen molar-refractivity contribution in [2.75, 3.05) is 16.5 Å². The first-order valence-electron chi connectivity index (χ1n) is 28.4. The molecule has 0 atom stereocenters. The molecule has 11 rings (SSSR count). The Balaban J connectivity index is 0.965. The second-order valence-electron chi connectivity index (χ2n) is 27.1. The molecule has 0 saturated carbocycles. The largest absolute Gasteiger partial charge is 0.457 e. The van der Waals surface area contributed by atoms with Crippen LogP contribution in [0.2, 0.25) is 0 Å². The third kappa shape index (κ3) is 10.6. The van der Waals surface area contributed by atoms with Crippen molar-refractivity contribution < 1.29 is 9.47 Å². The average Bonchev–Trinajstić information content (AvgIpc) is 3.97. The van der Waals surface area contributed by atoms with Crippen LogP contribution in [0.4, 0.5) is 22.7 Å². The number of para-hydroxylation sites is 3. The van der Waals surface area contributed by atoms with E-state index in [4.69, 9.17) is 14.5 Å². The molecule has 3 heterocycles. The van der Waals surface area contributed by atoms with Crippen LogP contribution in [0, 0.1) is 0 Å². The molecule has 0 aliphatic carbocycles. The molecule has 10 aromatic rings. The van der Waals surface area contributed by atoms with Gasteiger partial charge < -0.3 is 19.3 Å². The standard InChI is InChI=1S/C74H78N4O2/c1-70(2,3)50-31-27-48(28-32-50)62-42-54(74(13,14)15)43-63(49-29-33-51(34-30-49)71(4,5)6)69(62)80-59-37-38-75-68(46-59)78-64-24-17-16-23-60(64)61-36-35-58(45-67(61)78)79-57-22-20-21-55(44-57)76-47-77(66-26-19-18-25-65(66)76)56-40-52(72(7,8)9)39-53(41-56)73(10,11)12/h16-46H,47H2,1-15H3. The summed E-state index contributed by atoms with van der Waals surface area (Å²) < 4.78 is 16.4. The van der Waals surface area contributed by atoms with Gasteiger partial charge in [-0.1, -0.05) is 195 Å². The molecule has 0 radical (unpaired) electrons. The van der Waals surface area contributed by atoms with Gasteiger partial charge in [-0.2, -0.15) is 0 Å². The highest BCUT2D eigenvalue weighted by Crippen LogP contribution is 2.49. The molecular formula is C74H78N4O2. The fourth-order valence-electron chi connectivity index (χ4n) is 11.0. The highest BCUT2D eigenvalue weighted by atomic mass is 16.5. The second-order valence-corrected chi connectivity index (χ2v) is 27.1. The van der Waals surface area contributed by atoms with Crippen molar-refractivity contribution in [2.24, 2.45) is 0 Å². The van der Waals surface area contributed by atoms with Gasteiger partial charge >= 0.3 is 0 Å². The van der Waals surface area contributed by atoms with E-state index in [2.05, 4.69) is 288 Å². The van der Waals surface area contributed by atoms with Crippen LogP contribution >= 0.6 is 0 Å². The van der Waals surface area contributed by atoms with Gasteiger partial charge in [-0.3, -0.25) is 4.57 Å². The molecule has 406 valence electrons. The molecule has 1 aliphatic rings. The highest BCUT2D eigenvalue weighted by Gasteiger charge is 2.31. The summed E-state index contributed by atoms with van der Waals surface area (Å²) in [4.78, 5) is 9.92. The zero-order valence-electron chi connectivity index (χ0n) is 49.7. The molecule has 6 nitrogen and oxygen atoms in total. The van der Waals surface area contributed by atoms with Gasteiger partial charge in [0.1, 0.15) is 35.5 Å². The average molecular weight is 1060 g/mol. The van der Waals surface area contributed by atoms with Crippen LogP contribution in [0.15, 0.2) is 188 Å². The number of benzene rings is 8. The predicted octanol–water partition coefficient (Wildman–Crippen LogP) is 20.8. The highest BCUT2D eigenvalue weighted by molar-refractivity contribution is 6.09. The Kier molecular flexibility index (Phi) is 13.4. The predicted molar refractivity (Wildman–Crippen MR) is 338 cm³/mol. The van der Waals surface area contributed by atoms with Gasteiger partial charge in [0.15, 0.2) is 0 Å². The zero-order valence-corrected chi connectivity index (χ0v) is 49.7. The maximum atomic E-state index is 7.34. The maximum absolute atomic E-state index is 7.34. The van der Waals surface area contributed by atoms with Crippen molar-refractivity contribution in [3.05, 3.63) is 216 Å². The SMILES string of the molecule is CC(C)(C)c1ccc(-c2cc(C(C)(C)C)cc(-c3ccc(C(C)(C)C)cc3)c2Oc2ccnc(-n3c4ccccc4c4ccc(Oc5cccc(N6CN(c7cc(C(C)(C)C)cc(C(C)(C)C)c7)c7ccccc76)c5)cc43)c2)cc1. The first kappa shape index (κ1) is 53.9. The van der Waals surface area contributed by atoms with E-state index in [1.165, 1.54) is 39.2 Å². The summed E-state index contributed by atoms with van der Waals surface area (Å²) in [6.07, 6.45) is 1.86. The van der Waals surface area contributed by atoms with Gasteiger partial charge in [-0.25, -0.2) is 4.98 Å². The van der Waals surface area contributed by atoms with Crippen LogP contribution in [-0.2, 0) is 27.1 Å². The van der Waals surface area contributed by atoms with Crippen LogP contribution in [-0.4, -0.2) is 16.2 Å². The molecule has 0 fully saturated rings. The Labute approximate surface area is 475 Å². The first-order valence-corrected chi connectivity index (χ1v) is 28.4. The molecule has 0 unspecified atom stereocenters. The number of anilines is 4. The number of hydrogen-bond acceptors (Lipinski definition) is 5. The van der Waals surface area contributed by atoms with Crippen molar-refractivity contribution in [2.45, 2.75) is 131 Å². The number of pyridine rings is 1. The third-order valence-electron chi connectivity index (χ3n) is 16.0. The van der Waals surface area contributed by atoms with Crippen molar-refractivity contribution >= 4 is 44.6 Å². The molecule has 80 heavy (non-hydrogen) atoms.